The van der Waals surface area contributed by atoms with Crippen LogP contribution in [0.5, 0.6) is 0 Å². The number of likely N-dealkylation sites (N-methyl/N-ethyl adjacent to an activating group) is 1. The lowest BCUT2D eigenvalue weighted by molar-refractivity contribution is -0.131. The second-order valence-corrected chi connectivity index (χ2v) is 4.60. The van der Waals surface area contributed by atoms with Crippen LogP contribution in [0.1, 0.15) is 33.6 Å². The molecule has 0 radical (unpaired) electrons. The molecule has 0 aliphatic carbocycles. The third-order valence-corrected chi connectivity index (χ3v) is 3.54. The standard InChI is InChI=1S/C13H26N2O2/c1-4-14(5-2)10-11-17-13-6-8-15(9-7-13)12(3)16/h13H,4-11H2,1-3H3. The lowest BCUT2D eigenvalue weighted by Gasteiger charge is -2.31. The van der Waals surface area contributed by atoms with Crippen LogP contribution < -0.4 is 0 Å². The summed E-state index contributed by atoms with van der Waals surface area (Å²) >= 11 is 0. The first-order valence-corrected chi connectivity index (χ1v) is 6.76. The zero-order valence-corrected chi connectivity index (χ0v) is 11.4. The van der Waals surface area contributed by atoms with Gasteiger partial charge in [-0.25, -0.2) is 0 Å². The summed E-state index contributed by atoms with van der Waals surface area (Å²) < 4.78 is 5.87. The van der Waals surface area contributed by atoms with E-state index in [4.69, 9.17) is 4.74 Å². The van der Waals surface area contributed by atoms with Crippen molar-refractivity contribution >= 4 is 5.91 Å². The van der Waals surface area contributed by atoms with E-state index in [9.17, 15) is 4.79 Å². The van der Waals surface area contributed by atoms with Gasteiger partial charge in [0.05, 0.1) is 12.7 Å². The first-order valence-electron chi connectivity index (χ1n) is 6.76. The fourth-order valence-electron chi connectivity index (χ4n) is 2.23. The van der Waals surface area contributed by atoms with Gasteiger partial charge in [-0.05, 0) is 25.9 Å². The minimum atomic E-state index is 0.187. The minimum absolute atomic E-state index is 0.187. The zero-order valence-electron chi connectivity index (χ0n) is 11.4. The number of hydrogen-bond acceptors (Lipinski definition) is 3. The Morgan fingerprint density at radius 2 is 1.88 bits per heavy atom. The van der Waals surface area contributed by atoms with Gasteiger partial charge in [0.2, 0.25) is 5.91 Å². The normalized spacial score (nSPS) is 17.8. The minimum Gasteiger partial charge on any atom is -0.377 e. The summed E-state index contributed by atoms with van der Waals surface area (Å²) in [6.45, 7) is 11.7. The third-order valence-electron chi connectivity index (χ3n) is 3.54. The molecule has 0 unspecified atom stereocenters. The molecular weight excluding hydrogens is 216 g/mol. The predicted molar refractivity (Wildman–Crippen MR) is 69.0 cm³/mol. The molecule has 100 valence electrons. The zero-order chi connectivity index (χ0) is 12.7. The molecule has 0 saturated carbocycles. The van der Waals surface area contributed by atoms with E-state index in [1.807, 2.05) is 4.90 Å². The van der Waals surface area contributed by atoms with E-state index < -0.39 is 0 Å². The highest BCUT2D eigenvalue weighted by Crippen LogP contribution is 2.13. The predicted octanol–water partition coefficient (Wildman–Crippen LogP) is 1.36. The highest BCUT2D eigenvalue weighted by Gasteiger charge is 2.20. The fourth-order valence-corrected chi connectivity index (χ4v) is 2.23. The van der Waals surface area contributed by atoms with E-state index in [0.29, 0.717) is 6.10 Å². The molecule has 0 bridgehead atoms. The molecule has 1 amide bonds. The van der Waals surface area contributed by atoms with Gasteiger partial charge in [-0.3, -0.25) is 4.79 Å². The van der Waals surface area contributed by atoms with Crippen molar-refractivity contribution in [2.24, 2.45) is 0 Å². The van der Waals surface area contributed by atoms with Crippen LogP contribution in [0, 0.1) is 0 Å². The SMILES string of the molecule is CCN(CC)CCOC1CCN(C(C)=O)CC1. The van der Waals surface area contributed by atoms with Crippen LogP contribution in [0.2, 0.25) is 0 Å². The van der Waals surface area contributed by atoms with Crippen molar-refractivity contribution in [1.29, 1.82) is 0 Å². The number of carbonyl (C=O) groups is 1. The number of amides is 1. The third kappa shape index (κ3) is 5.04. The van der Waals surface area contributed by atoms with Crippen LogP contribution >= 0.6 is 0 Å². The van der Waals surface area contributed by atoms with Gasteiger partial charge >= 0.3 is 0 Å². The van der Waals surface area contributed by atoms with E-state index in [2.05, 4.69) is 18.7 Å². The number of hydrogen-bond donors (Lipinski definition) is 0. The van der Waals surface area contributed by atoms with Crippen molar-refractivity contribution in [3.05, 3.63) is 0 Å². The molecule has 0 atom stereocenters. The molecule has 1 aliphatic rings. The summed E-state index contributed by atoms with van der Waals surface area (Å²) in [5.74, 6) is 0.187. The van der Waals surface area contributed by atoms with Crippen molar-refractivity contribution in [2.75, 3.05) is 39.3 Å². The highest BCUT2D eigenvalue weighted by molar-refractivity contribution is 5.73. The highest BCUT2D eigenvalue weighted by atomic mass is 16.5. The molecule has 0 spiro atoms. The maximum absolute atomic E-state index is 11.2. The van der Waals surface area contributed by atoms with Crippen molar-refractivity contribution in [1.82, 2.24) is 9.80 Å². The molecule has 4 heteroatoms. The Kier molecular flexibility index (Phi) is 6.52. The lowest BCUT2D eigenvalue weighted by Crippen LogP contribution is -2.40. The average Bonchev–Trinajstić information content (AvgIpc) is 2.35. The molecule has 0 N–H and O–H groups in total. The summed E-state index contributed by atoms with van der Waals surface area (Å²) in [6.07, 6.45) is 2.32. The summed E-state index contributed by atoms with van der Waals surface area (Å²) in [6, 6.07) is 0. The molecule has 17 heavy (non-hydrogen) atoms. The van der Waals surface area contributed by atoms with Gasteiger partial charge in [-0.15, -0.1) is 0 Å². The number of rotatable bonds is 6. The van der Waals surface area contributed by atoms with Gasteiger partial charge in [0, 0.05) is 26.6 Å². The van der Waals surface area contributed by atoms with Crippen LogP contribution in [-0.4, -0.2) is 61.1 Å². The van der Waals surface area contributed by atoms with Crippen LogP contribution in [0.15, 0.2) is 0 Å². The smallest absolute Gasteiger partial charge is 0.219 e. The number of likely N-dealkylation sites (tertiary alicyclic amines) is 1. The van der Waals surface area contributed by atoms with E-state index in [1.54, 1.807) is 6.92 Å². The summed E-state index contributed by atoms with van der Waals surface area (Å²) in [5, 5.41) is 0. The Morgan fingerprint density at radius 3 is 2.35 bits per heavy atom. The Morgan fingerprint density at radius 1 is 1.29 bits per heavy atom. The first-order chi connectivity index (χ1) is 8.17. The van der Waals surface area contributed by atoms with E-state index in [-0.39, 0.29) is 5.91 Å². The Labute approximate surface area is 105 Å². The van der Waals surface area contributed by atoms with E-state index in [1.165, 1.54) is 0 Å². The second-order valence-electron chi connectivity index (χ2n) is 4.60. The molecule has 1 saturated heterocycles. The monoisotopic (exact) mass is 242 g/mol. The van der Waals surface area contributed by atoms with Gasteiger partial charge in [0.1, 0.15) is 0 Å². The van der Waals surface area contributed by atoms with Crippen LogP contribution in [0.25, 0.3) is 0 Å². The van der Waals surface area contributed by atoms with Crippen molar-refractivity contribution < 1.29 is 9.53 Å². The molecular formula is C13H26N2O2. The molecule has 4 nitrogen and oxygen atoms in total. The largest absolute Gasteiger partial charge is 0.377 e. The van der Waals surface area contributed by atoms with Gasteiger partial charge in [-0.2, -0.15) is 0 Å². The molecule has 0 aromatic heterocycles. The fraction of sp³-hybridized carbons (Fsp3) is 0.923. The van der Waals surface area contributed by atoms with Crippen molar-refractivity contribution in [3.8, 4) is 0 Å². The Balaban J connectivity index is 2.12. The average molecular weight is 242 g/mol. The number of nitrogens with zero attached hydrogens (tertiary/aromatic N) is 2. The van der Waals surface area contributed by atoms with E-state index in [0.717, 1.165) is 52.2 Å². The van der Waals surface area contributed by atoms with E-state index >= 15 is 0 Å². The molecule has 1 rings (SSSR count). The second kappa shape index (κ2) is 7.67. The van der Waals surface area contributed by atoms with Gasteiger partial charge in [0.25, 0.3) is 0 Å². The molecule has 1 fully saturated rings. The number of piperidine rings is 1. The maximum atomic E-state index is 11.2. The first kappa shape index (κ1) is 14.5. The topological polar surface area (TPSA) is 32.8 Å². The maximum Gasteiger partial charge on any atom is 0.219 e. The van der Waals surface area contributed by atoms with Gasteiger partial charge in [0.15, 0.2) is 0 Å². The van der Waals surface area contributed by atoms with Crippen molar-refractivity contribution in [2.45, 2.75) is 39.7 Å². The summed E-state index contributed by atoms with van der Waals surface area (Å²) in [7, 11) is 0. The van der Waals surface area contributed by atoms with Gasteiger partial charge in [-0.1, -0.05) is 13.8 Å². The molecule has 0 aromatic rings. The summed E-state index contributed by atoms with van der Waals surface area (Å²) in [4.78, 5) is 15.4. The number of ether oxygens (including phenoxy) is 1. The quantitative estimate of drug-likeness (QED) is 0.705. The van der Waals surface area contributed by atoms with Crippen molar-refractivity contribution in [3.63, 3.8) is 0 Å². The van der Waals surface area contributed by atoms with Crippen LogP contribution in [0.3, 0.4) is 0 Å². The Hall–Kier alpha value is -0.610. The lowest BCUT2D eigenvalue weighted by atomic mass is 10.1. The van der Waals surface area contributed by atoms with Crippen LogP contribution in [0.4, 0.5) is 0 Å². The number of carbonyl (C=O) groups excluding carboxylic acids is 1. The van der Waals surface area contributed by atoms with Gasteiger partial charge < -0.3 is 14.5 Å². The molecule has 0 aromatic carbocycles. The Bertz CT molecular complexity index is 221. The molecule has 1 heterocycles. The van der Waals surface area contributed by atoms with Crippen LogP contribution in [-0.2, 0) is 9.53 Å². The molecule has 1 aliphatic heterocycles. The summed E-state index contributed by atoms with van der Waals surface area (Å²) in [5.41, 5.74) is 0.